The van der Waals surface area contributed by atoms with Gasteiger partial charge in [-0.3, -0.25) is 9.59 Å². The summed E-state index contributed by atoms with van der Waals surface area (Å²) in [5.74, 6) is 0.492. The lowest BCUT2D eigenvalue weighted by atomic mass is 9.98. The quantitative estimate of drug-likeness (QED) is 0.706. The van der Waals surface area contributed by atoms with Gasteiger partial charge >= 0.3 is 12.0 Å². The van der Waals surface area contributed by atoms with E-state index in [1.807, 2.05) is 0 Å². The lowest BCUT2D eigenvalue weighted by molar-refractivity contribution is -0.149. The second-order valence-electron chi connectivity index (χ2n) is 7.43. The molecule has 1 aromatic rings. The molecule has 2 atom stereocenters. The Bertz CT molecular complexity index is 799. The summed E-state index contributed by atoms with van der Waals surface area (Å²) in [5, 5.41) is 2.94. The van der Waals surface area contributed by atoms with Gasteiger partial charge in [-0.2, -0.15) is 0 Å². The Morgan fingerprint density at radius 2 is 1.93 bits per heavy atom. The Morgan fingerprint density at radius 1 is 1.17 bits per heavy atom. The smallest absolute Gasteiger partial charge is 0.317 e. The summed E-state index contributed by atoms with van der Waals surface area (Å²) in [6, 6.07) is 4.72. The van der Waals surface area contributed by atoms with E-state index in [0.717, 1.165) is 12.8 Å². The van der Waals surface area contributed by atoms with Gasteiger partial charge in [-0.05, 0) is 31.9 Å². The van der Waals surface area contributed by atoms with Crippen molar-refractivity contribution in [2.45, 2.75) is 32.2 Å². The first-order chi connectivity index (χ1) is 14.5. The van der Waals surface area contributed by atoms with Crippen molar-refractivity contribution < 1.29 is 28.6 Å². The van der Waals surface area contributed by atoms with Gasteiger partial charge in [-0.15, -0.1) is 0 Å². The molecule has 0 spiro atoms. The fraction of sp³-hybridized carbons (Fsp3) is 0.571. The number of hydrogen-bond donors (Lipinski definition) is 1. The zero-order valence-electron chi connectivity index (χ0n) is 17.7. The van der Waals surface area contributed by atoms with Crippen molar-refractivity contribution in [1.29, 1.82) is 0 Å². The van der Waals surface area contributed by atoms with Gasteiger partial charge in [0.2, 0.25) is 5.91 Å². The van der Waals surface area contributed by atoms with Crippen molar-refractivity contribution in [3.05, 3.63) is 18.2 Å². The summed E-state index contributed by atoms with van der Waals surface area (Å²) in [6.07, 6.45) is 1.69. The van der Waals surface area contributed by atoms with Crippen LogP contribution in [0.4, 0.5) is 10.5 Å². The van der Waals surface area contributed by atoms with E-state index < -0.39 is 0 Å². The third kappa shape index (κ3) is 4.77. The van der Waals surface area contributed by atoms with Crippen molar-refractivity contribution in [1.82, 2.24) is 10.2 Å². The van der Waals surface area contributed by atoms with Gasteiger partial charge in [0, 0.05) is 37.8 Å². The Kier molecular flexibility index (Phi) is 7.02. The number of carbonyl (C=O) groups is 3. The largest absolute Gasteiger partial charge is 0.493 e. The highest BCUT2D eigenvalue weighted by atomic mass is 16.5. The Labute approximate surface area is 176 Å². The molecule has 3 rings (SSSR count). The average Bonchev–Trinajstić information content (AvgIpc) is 3.13. The van der Waals surface area contributed by atoms with Crippen LogP contribution in [0, 0.1) is 5.92 Å². The molecule has 0 saturated carbocycles. The minimum Gasteiger partial charge on any atom is -0.493 e. The van der Waals surface area contributed by atoms with Gasteiger partial charge in [0.15, 0.2) is 11.5 Å². The molecular weight excluding hydrogens is 390 g/mol. The number of esters is 1. The zero-order valence-corrected chi connectivity index (χ0v) is 17.7. The number of ether oxygens (including phenoxy) is 3. The molecule has 2 saturated heterocycles. The number of urea groups is 1. The molecule has 3 amide bonds. The van der Waals surface area contributed by atoms with E-state index in [0.29, 0.717) is 43.4 Å². The molecule has 9 heteroatoms. The first kappa shape index (κ1) is 21.7. The summed E-state index contributed by atoms with van der Waals surface area (Å²) in [6.45, 7) is 3.39. The van der Waals surface area contributed by atoms with E-state index in [4.69, 9.17) is 14.2 Å². The van der Waals surface area contributed by atoms with Crippen LogP contribution in [-0.4, -0.2) is 69.3 Å². The van der Waals surface area contributed by atoms with Crippen LogP contribution < -0.4 is 19.7 Å². The summed E-state index contributed by atoms with van der Waals surface area (Å²) >= 11 is 0. The number of anilines is 1. The number of benzene rings is 1. The number of nitrogens with zero attached hydrogens (tertiary/aromatic N) is 2. The minimum atomic E-state index is -0.305. The molecule has 164 valence electrons. The lowest BCUT2D eigenvalue weighted by Crippen LogP contribution is -2.50. The zero-order chi connectivity index (χ0) is 21.7. The van der Waals surface area contributed by atoms with E-state index >= 15 is 0 Å². The highest BCUT2D eigenvalue weighted by molar-refractivity contribution is 5.97. The van der Waals surface area contributed by atoms with Crippen molar-refractivity contribution in [2.24, 2.45) is 5.92 Å². The molecule has 0 aliphatic carbocycles. The van der Waals surface area contributed by atoms with Crippen LogP contribution in [0.2, 0.25) is 0 Å². The van der Waals surface area contributed by atoms with Crippen molar-refractivity contribution in [2.75, 3.05) is 45.4 Å². The Morgan fingerprint density at radius 3 is 2.63 bits per heavy atom. The minimum absolute atomic E-state index is 0.0736. The van der Waals surface area contributed by atoms with Crippen LogP contribution in [0.25, 0.3) is 0 Å². The summed E-state index contributed by atoms with van der Waals surface area (Å²) < 4.78 is 15.6. The highest BCUT2D eigenvalue weighted by Gasteiger charge is 2.35. The highest BCUT2D eigenvalue weighted by Crippen LogP contribution is 2.33. The Hall–Kier alpha value is -2.97. The molecule has 2 fully saturated rings. The average molecular weight is 419 g/mol. The van der Waals surface area contributed by atoms with Crippen molar-refractivity contribution >= 4 is 23.6 Å². The van der Waals surface area contributed by atoms with Gasteiger partial charge < -0.3 is 29.3 Å². The number of rotatable bonds is 6. The SMILES string of the molecule is CCOC(=O)C1CCCN(C(=O)NC2CC(=O)N(c3ccc(OC)c(OC)c3)C2)C1. The molecule has 2 aliphatic rings. The third-order valence-electron chi connectivity index (χ3n) is 5.46. The van der Waals surface area contributed by atoms with Crippen LogP contribution in [0.3, 0.4) is 0 Å². The second kappa shape index (κ2) is 9.69. The third-order valence-corrected chi connectivity index (χ3v) is 5.46. The summed E-state index contributed by atoms with van der Waals surface area (Å²) in [5.41, 5.74) is 0.690. The molecule has 0 radical (unpaired) electrons. The molecule has 9 nitrogen and oxygen atoms in total. The van der Waals surface area contributed by atoms with Gasteiger partial charge in [0.25, 0.3) is 0 Å². The monoisotopic (exact) mass is 419 g/mol. The van der Waals surface area contributed by atoms with Gasteiger partial charge in [0.1, 0.15) is 0 Å². The molecule has 0 bridgehead atoms. The van der Waals surface area contributed by atoms with E-state index in [9.17, 15) is 14.4 Å². The van der Waals surface area contributed by atoms with Crippen LogP contribution in [0.5, 0.6) is 11.5 Å². The molecular formula is C21H29N3O6. The maximum absolute atomic E-state index is 12.7. The number of nitrogens with one attached hydrogen (secondary N) is 1. The molecule has 2 heterocycles. The maximum Gasteiger partial charge on any atom is 0.317 e. The maximum atomic E-state index is 12.7. The normalized spacial score (nSPS) is 21.4. The predicted molar refractivity (Wildman–Crippen MR) is 110 cm³/mol. The van der Waals surface area contributed by atoms with Crippen LogP contribution in [0.1, 0.15) is 26.2 Å². The predicted octanol–water partition coefficient (Wildman–Crippen LogP) is 1.79. The molecule has 2 unspecified atom stereocenters. The molecule has 30 heavy (non-hydrogen) atoms. The first-order valence-electron chi connectivity index (χ1n) is 10.2. The number of methoxy groups -OCH3 is 2. The first-order valence-corrected chi connectivity index (χ1v) is 10.2. The molecule has 1 N–H and O–H groups in total. The van der Waals surface area contributed by atoms with E-state index in [2.05, 4.69) is 5.32 Å². The standard InChI is InChI=1S/C21H29N3O6/c1-4-30-20(26)14-6-5-9-23(12-14)21(27)22-15-10-19(25)24(13-15)16-7-8-17(28-2)18(11-16)29-3/h7-8,11,14-15H,4-6,9-10,12-13H2,1-3H3,(H,22,27). The van der Waals surface area contributed by atoms with Crippen molar-refractivity contribution in [3.8, 4) is 11.5 Å². The Balaban J connectivity index is 1.60. The number of likely N-dealkylation sites (tertiary alicyclic amines) is 1. The van der Waals surface area contributed by atoms with Gasteiger partial charge in [0.05, 0.1) is 32.8 Å². The number of piperidine rings is 1. The second-order valence-corrected chi connectivity index (χ2v) is 7.43. The van der Waals surface area contributed by atoms with E-state index in [1.165, 1.54) is 0 Å². The van der Waals surface area contributed by atoms with Gasteiger partial charge in [-0.1, -0.05) is 0 Å². The molecule has 2 aliphatic heterocycles. The number of amides is 3. The van der Waals surface area contributed by atoms with Crippen LogP contribution in [0.15, 0.2) is 18.2 Å². The van der Waals surface area contributed by atoms with E-state index in [1.54, 1.807) is 49.1 Å². The van der Waals surface area contributed by atoms with Crippen LogP contribution >= 0.6 is 0 Å². The number of hydrogen-bond acceptors (Lipinski definition) is 6. The fourth-order valence-corrected chi connectivity index (χ4v) is 3.93. The van der Waals surface area contributed by atoms with Crippen LogP contribution in [-0.2, 0) is 14.3 Å². The number of carbonyl (C=O) groups excluding carboxylic acids is 3. The van der Waals surface area contributed by atoms with Gasteiger partial charge in [-0.25, -0.2) is 4.79 Å². The molecule has 0 aromatic heterocycles. The topological polar surface area (TPSA) is 97.4 Å². The van der Waals surface area contributed by atoms with E-state index in [-0.39, 0.29) is 36.3 Å². The lowest BCUT2D eigenvalue weighted by Gasteiger charge is -2.32. The summed E-state index contributed by atoms with van der Waals surface area (Å²) in [7, 11) is 3.09. The molecule has 1 aromatic carbocycles. The van der Waals surface area contributed by atoms with Crippen molar-refractivity contribution in [3.63, 3.8) is 0 Å². The fourth-order valence-electron chi connectivity index (χ4n) is 3.93. The summed E-state index contributed by atoms with van der Waals surface area (Å²) in [4.78, 5) is 40.5.